The minimum absolute atomic E-state index is 0.183. The molecule has 2 aromatic rings. The van der Waals surface area contributed by atoms with Crippen LogP contribution in [0, 0.1) is 12.8 Å². The molecule has 1 aliphatic rings. The second-order valence-electron chi connectivity index (χ2n) is 6.02. The second-order valence-corrected chi connectivity index (χ2v) is 6.80. The number of carbonyl (C=O) groups is 1. The SMILES string of the molecule is Cc1cccc(C(c2ccsc2)N2CCC(C(=O)O)CC2)c1. The molecule has 1 aliphatic heterocycles. The highest BCUT2D eigenvalue weighted by molar-refractivity contribution is 7.08. The van der Waals surface area contributed by atoms with Gasteiger partial charge in [0.1, 0.15) is 0 Å². The van der Waals surface area contributed by atoms with Gasteiger partial charge in [0, 0.05) is 0 Å². The van der Waals surface area contributed by atoms with Crippen LogP contribution in [-0.4, -0.2) is 29.1 Å². The minimum atomic E-state index is -0.651. The molecule has 0 amide bonds. The van der Waals surface area contributed by atoms with Crippen LogP contribution in [0.25, 0.3) is 0 Å². The average molecular weight is 315 g/mol. The molecular formula is C18H21NO2S. The van der Waals surface area contributed by atoms with Crippen LogP contribution in [0.1, 0.15) is 35.6 Å². The zero-order chi connectivity index (χ0) is 15.5. The van der Waals surface area contributed by atoms with Gasteiger partial charge in [0.2, 0.25) is 0 Å². The fraction of sp³-hybridized carbons (Fsp3) is 0.389. The molecule has 1 aromatic heterocycles. The number of aliphatic carboxylic acids is 1. The number of likely N-dealkylation sites (tertiary alicyclic amines) is 1. The second kappa shape index (κ2) is 6.63. The van der Waals surface area contributed by atoms with E-state index in [1.807, 2.05) is 0 Å². The van der Waals surface area contributed by atoms with E-state index in [1.165, 1.54) is 16.7 Å². The molecule has 0 aliphatic carbocycles. The number of benzene rings is 1. The summed E-state index contributed by atoms with van der Waals surface area (Å²) in [6.07, 6.45) is 1.48. The third kappa shape index (κ3) is 3.23. The van der Waals surface area contributed by atoms with Gasteiger partial charge in [-0.1, -0.05) is 29.8 Å². The Labute approximate surface area is 135 Å². The molecule has 2 heterocycles. The molecule has 1 aromatic carbocycles. The number of thiophene rings is 1. The zero-order valence-electron chi connectivity index (χ0n) is 12.7. The number of aryl methyl sites for hydroxylation is 1. The Morgan fingerprint density at radius 3 is 2.64 bits per heavy atom. The first-order chi connectivity index (χ1) is 10.6. The lowest BCUT2D eigenvalue weighted by molar-refractivity contribution is -0.143. The van der Waals surface area contributed by atoms with E-state index in [0.717, 1.165) is 25.9 Å². The van der Waals surface area contributed by atoms with Gasteiger partial charge in [0.05, 0.1) is 12.0 Å². The number of hydrogen-bond donors (Lipinski definition) is 1. The number of piperidine rings is 1. The van der Waals surface area contributed by atoms with E-state index in [0.29, 0.717) is 0 Å². The summed E-state index contributed by atoms with van der Waals surface area (Å²) in [5.74, 6) is -0.834. The number of nitrogens with zero attached hydrogens (tertiary/aromatic N) is 1. The summed E-state index contributed by atoms with van der Waals surface area (Å²) < 4.78 is 0. The van der Waals surface area contributed by atoms with Gasteiger partial charge in [0.25, 0.3) is 0 Å². The minimum Gasteiger partial charge on any atom is -0.481 e. The molecule has 116 valence electrons. The lowest BCUT2D eigenvalue weighted by Gasteiger charge is -2.36. The Hall–Kier alpha value is -1.65. The maximum Gasteiger partial charge on any atom is 0.306 e. The van der Waals surface area contributed by atoms with Gasteiger partial charge in [-0.3, -0.25) is 9.69 Å². The van der Waals surface area contributed by atoms with Crippen LogP contribution in [0.15, 0.2) is 41.1 Å². The quantitative estimate of drug-likeness (QED) is 0.929. The maximum atomic E-state index is 11.2. The van der Waals surface area contributed by atoms with Crippen molar-refractivity contribution in [3.63, 3.8) is 0 Å². The van der Waals surface area contributed by atoms with E-state index in [9.17, 15) is 9.90 Å². The van der Waals surface area contributed by atoms with Crippen molar-refractivity contribution in [3.05, 3.63) is 57.8 Å². The van der Waals surface area contributed by atoms with Crippen LogP contribution < -0.4 is 0 Å². The molecule has 0 bridgehead atoms. The summed E-state index contributed by atoms with van der Waals surface area (Å²) in [4.78, 5) is 13.6. The molecule has 0 spiro atoms. The fourth-order valence-corrected chi connectivity index (χ4v) is 3.97. The summed E-state index contributed by atoms with van der Waals surface area (Å²) in [6, 6.07) is 11.1. The lowest BCUT2D eigenvalue weighted by atomic mass is 9.92. The smallest absolute Gasteiger partial charge is 0.306 e. The van der Waals surface area contributed by atoms with Crippen LogP contribution in [0.5, 0.6) is 0 Å². The molecule has 1 N–H and O–H groups in total. The molecule has 4 heteroatoms. The van der Waals surface area contributed by atoms with Crippen molar-refractivity contribution < 1.29 is 9.90 Å². The highest BCUT2D eigenvalue weighted by Gasteiger charge is 2.30. The Morgan fingerprint density at radius 1 is 1.27 bits per heavy atom. The van der Waals surface area contributed by atoms with E-state index in [4.69, 9.17) is 0 Å². The molecule has 0 radical (unpaired) electrons. The first-order valence-electron chi connectivity index (χ1n) is 7.70. The monoisotopic (exact) mass is 315 g/mol. The largest absolute Gasteiger partial charge is 0.481 e. The number of rotatable bonds is 4. The first kappa shape index (κ1) is 15.3. The molecule has 3 nitrogen and oxygen atoms in total. The highest BCUT2D eigenvalue weighted by Crippen LogP contribution is 2.33. The number of hydrogen-bond acceptors (Lipinski definition) is 3. The molecule has 1 fully saturated rings. The van der Waals surface area contributed by atoms with Crippen LogP contribution in [0.3, 0.4) is 0 Å². The molecule has 0 saturated carbocycles. The zero-order valence-corrected chi connectivity index (χ0v) is 13.6. The fourth-order valence-electron chi connectivity index (χ4n) is 3.29. The Bertz CT molecular complexity index is 630. The van der Waals surface area contributed by atoms with Gasteiger partial charge in [-0.2, -0.15) is 11.3 Å². The molecule has 1 unspecified atom stereocenters. The molecule has 1 atom stereocenters. The van der Waals surface area contributed by atoms with E-state index in [2.05, 4.69) is 52.9 Å². The molecule has 3 rings (SSSR count). The first-order valence-corrected chi connectivity index (χ1v) is 8.65. The lowest BCUT2D eigenvalue weighted by Crippen LogP contribution is -2.39. The van der Waals surface area contributed by atoms with Gasteiger partial charge in [-0.05, 0) is 60.8 Å². The summed E-state index contributed by atoms with van der Waals surface area (Å²) in [5, 5.41) is 13.5. The Kier molecular flexibility index (Phi) is 4.60. The van der Waals surface area contributed by atoms with E-state index in [-0.39, 0.29) is 12.0 Å². The number of carboxylic acid groups (broad SMARTS) is 1. The Balaban J connectivity index is 1.86. The predicted octanol–water partition coefficient (Wildman–Crippen LogP) is 3.94. The predicted molar refractivity (Wildman–Crippen MR) is 89.3 cm³/mol. The third-order valence-corrected chi connectivity index (χ3v) is 5.16. The maximum absolute atomic E-state index is 11.2. The van der Waals surface area contributed by atoms with Crippen molar-refractivity contribution in [1.29, 1.82) is 0 Å². The van der Waals surface area contributed by atoms with Crippen molar-refractivity contribution >= 4 is 17.3 Å². The van der Waals surface area contributed by atoms with Gasteiger partial charge in [-0.15, -0.1) is 0 Å². The van der Waals surface area contributed by atoms with Crippen LogP contribution in [0.4, 0.5) is 0 Å². The summed E-state index contributed by atoms with van der Waals surface area (Å²) >= 11 is 1.72. The average Bonchev–Trinajstić information content (AvgIpc) is 3.02. The van der Waals surface area contributed by atoms with Gasteiger partial charge in [-0.25, -0.2) is 0 Å². The van der Waals surface area contributed by atoms with Crippen LogP contribution in [0.2, 0.25) is 0 Å². The van der Waals surface area contributed by atoms with Gasteiger partial charge >= 0.3 is 5.97 Å². The summed E-state index contributed by atoms with van der Waals surface area (Å²) in [7, 11) is 0. The van der Waals surface area contributed by atoms with Gasteiger partial charge in [0.15, 0.2) is 0 Å². The molecule has 22 heavy (non-hydrogen) atoms. The highest BCUT2D eigenvalue weighted by atomic mass is 32.1. The molecule has 1 saturated heterocycles. The van der Waals surface area contributed by atoms with Crippen molar-refractivity contribution in [2.45, 2.75) is 25.8 Å². The standard InChI is InChI=1S/C18H21NO2S/c1-13-3-2-4-15(11-13)17(16-7-10-22-12-16)19-8-5-14(6-9-19)18(20)21/h2-4,7,10-12,14,17H,5-6,8-9H2,1H3,(H,20,21). The van der Waals surface area contributed by atoms with E-state index >= 15 is 0 Å². The van der Waals surface area contributed by atoms with Crippen LogP contribution in [-0.2, 0) is 4.79 Å². The third-order valence-electron chi connectivity index (χ3n) is 4.46. The van der Waals surface area contributed by atoms with Crippen molar-refractivity contribution in [2.24, 2.45) is 5.92 Å². The van der Waals surface area contributed by atoms with Crippen LogP contribution >= 0.6 is 11.3 Å². The van der Waals surface area contributed by atoms with E-state index in [1.54, 1.807) is 11.3 Å². The Morgan fingerprint density at radius 2 is 2.05 bits per heavy atom. The number of carboxylic acids is 1. The van der Waals surface area contributed by atoms with Crippen molar-refractivity contribution in [2.75, 3.05) is 13.1 Å². The van der Waals surface area contributed by atoms with Gasteiger partial charge < -0.3 is 5.11 Å². The topological polar surface area (TPSA) is 40.5 Å². The summed E-state index contributed by atoms with van der Waals surface area (Å²) in [5.41, 5.74) is 3.87. The van der Waals surface area contributed by atoms with Crippen molar-refractivity contribution in [3.8, 4) is 0 Å². The van der Waals surface area contributed by atoms with E-state index < -0.39 is 5.97 Å². The molecular weight excluding hydrogens is 294 g/mol. The normalized spacial score (nSPS) is 18.2. The van der Waals surface area contributed by atoms with Crippen molar-refractivity contribution in [1.82, 2.24) is 4.90 Å². The summed E-state index contributed by atoms with van der Waals surface area (Å²) in [6.45, 7) is 3.79.